The molecule has 1 fully saturated rings. The summed E-state index contributed by atoms with van der Waals surface area (Å²) in [6.07, 6.45) is 4.66. The maximum atomic E-state index is 14.8. The van der Waals surface area contributed by atoms with Crippen LogP contribution in [0.1, 0.15) is 49.7 Å². The molecular formula is C32H36F3N3O4S. The number of hydrogen-bond donors (Lipinski definition) is 1. The van der Waals surface area contributed by atoms with Gasteiger partial charge in [-0.15, -0.1) is 0 Å². The Morgan fingerprint density at radius 3 is 2.23 bits per heavy atom. The number of carbonyl (C=O) groups excluding carboxylic acids is 2. The van der Waals surface area contributed by atoms with Crippen LogP contribution in [-0.2, 0) is 32.6 Å². The highest BCUT2D eigenvalue weighted by Gasteiger charge is 2.32. The van der Waals surface area contributed by atoms with Crippen LogP contribution in [0.4, 0.5) is 18.9 Å². The van der Waals surface area contributed by atoms with E-state index < -0.39 is 39.4 Å². The van der Waals surface area contributed by atoms with Gasteiger partial charge in [-0.05, 0) is 43.0 Å². The lowest BCUT2D eigenvalue weighted by Gasteiger charge is -2.33. The number of rotatable bonds is 13. The van der Waals surface area contributed by atoms with Crippen molar-refractivity contribution < 1.29 is 31.2 Å². The zero-order valence-electron chi connectivity index (χ0n) is 24.0. The average molecular weight is 616 g/mol. The van der Waals surface area contributed by atoms with Crippen LogP contribution < -0.4 is 9.62 Å². The summed E-state index contributed by atoms with van der Waals surface area (Å²) in [7, 11) is -3.90. The topological polar surface area (TPSA) is 86.8 Å². The molecule has 0 spiro atoms. The summed E-state index contributed by atoms with van der Waals surface area (Å²) in [5.41, 5.74) is 0.985. The smallest absolute Gasteiger partial charge is 0.243 e. The lowest BCUT2D eigenvalue weighted by atomic mass is 10.0. The van der Waals surface area contributed by atoms with Gasteiger partial charge in [0.2, 0.25) is 21.8 Å². The van der Waals surface area contributed by atoms with Crippen LogP contribution in [0.5, 0.6) is 0 Å². The molecule has 0 saturated heterocycles. The van der Waals surface area contributed by atoms with Crippen LogP contribution in [0.25, 0.3) is 0 Å². The third kappa shape index (κ3) is 8.82. The summed E-state index contributed by atoms with van der Waals surface area (Å²) in [6.45, 7) is -0.360. The number of nitrogens with zero attached hydrogens (tertiary/aromatic N) is 2. The number of hydrogen-bond acceptors (Lipinski definition) is 4. The molecule has 7 nitrogen and oxygen atoms in total. The van der Waals surface area contributed by atoms with E-state index in [1.54, 1.807) is 12.1 Å². The molecule has 1 unspecified atom stereocenters. The first-order valence-electron chi connectivity index (χ1n) is 14.3. The molecule has 0 aromatic heterocycles. The van der Waals surface area contributed by atoms with Gasteiger partial charge in [0.25, 0.3) is 0 Å². The maximum Gasteiger partial charge on any atom is 0.243 e. The number of anilines is 1. The van der Waals surface area contributed by atoms with E-state index in [0.717, 1.165) is 60.0 Å². The molecule has 1 aliphatic carbocycles. The summed E-state index contributed by atoms with van der Waals surface area (Å²) < 4.78 is 68.1. The van der Waals surface area contributed by atoms with Gasteiger partial charge in [0, 0.05) is 43.6 Å². The first kappa shape index (κ1) is 32.1. The molecule has 1 aliphatic rings. The molecule has 2 amide bonds. The number of nitrogens with one attached hydrogen (secondary N) is 1. The molecule has 230 valence electrons. The fraction of sp³-hybridized carbons (Fsp3) is 0.375. The SMILES string of the molecule is CS(=O)(=O)N(CCCC(=O)N(Cc1ccccc1F)C(Cc1ccccc1)C(=O)NC1CCCC1)c1ccc(F)c(F)c1. The quantitative estimate of drug-likeness (QED) is 0.281. The standard InChI is InChI=1S/C32H36F3N3O4S/c1-43(41,42)38(26-17-18-28(34)29(35)21-26)19-9-16-31(39)37(22-24-12-5-8-15-27(24)33)30(20-23-10-3-2-4-11-23)32(40)36-25-13-6-7-14-25/h2-5,8,10-12,15,17-18,21,25,30H,6-7,9,13-14,16,19-20,22H2,1H3,(H,36,40). The van der Waals surface area contributed by atoms with Crippen molar-refractivity contribution in [1.82, 2.24) is 10.2 Å². The molecule has 3 aromatic carbocycles. The first-order valence-corrected chi connectivity index (χ1v) is 16.2. The van der Waals surface area contributed by atoms with Crippen LogP contribution >= 0.6 is 0 Å². The Labute approximate surface area is 250 Å². The highest BCUT2D eigenvalue weighted by atomic mass is 32.2. The molecule has 1 atom stereocenters. The second kappa shape index (κ2) is 14.5. The highest BCUT2D eigenvalue weighted by molar-refractivity contribution is 7.92. The van der Waals surface area contributed by atoms with Gasteiger partial charge in [0.15, 0.2) is 11.6 Å². The van der Waals surface area contributed by atoms with E-state index in [2.05, 4.69) is 5.32 Å². The Kier molecular flexibility index (Phi) is 10.8. The first-order chi connectivity index (χ1) is 20.5. The van der Waals surface area contributed by atoms with Crippen LogP contribution in [0.15, 0.2) is 72.8 Å². The van der Waals surface area contributed by atoms with E-state index in [0.29, 0.717) is 0 Å². The minimum Gasteiger partial charge on any atom is -0.352 e. The Balaban J connectivity index is 1.59. The zero-order chi connectivity index (χ0) is 31.0. The minimum absolute atomic E-state index is 0.00406. The van der Waals surface area contributed by atoms with Crippen LogP contribution in [0, 0.1) is 17.5 Å². The van der Waals surface area contributed by atoms with Gasteiger partial charge in [-0.1, -0.05) is 61.4 Å². The van der Waals surface area contributed by atoms with Crippen molar-refractivity contribution in [3.8, 4) is 0 Å². The van der Waals surface area contributed by atoms with Crippen molar-refractivity contribution in [2.45, 2.75) is 63.6 Å². The van der Waals surface area contributed by atoms with E-state index >= 15 is 0 Å². The monoisotopic (exact) mass is 615 g/mol. The number of sulfonamides is 1. The van der Waals surface area contributed by atoms with Crippen molar-refractivity contribution in [3.63, 3.8) is 0 Å². The van der Waals surface area contributed by atoms with Crippen LogP contribution in [0.3, 0.4) is 0 Å². The van der Waals surface area contributed by atoms with Crippen LogP contribution in [-0.4, -0.2) is 50.0 Å². The van der Waals surface area contributed by atoms with E-state index in [9.17, 15) is 31.2 Å². The van der Waals surface area contributed by atoms with E-state index in [4.69, 9.17) is 0 Å². The van der Waals surface area contributed by atoms with Gasteiger partial charge in [0.1, 0.15) is 11.9 Å². The Hall–Kier alpha value is -3.86. The van der Waals surface area contributed by atoms with E-state index in [1.807, 2.05) is 30.3 Å². The van der Waals surface area contributed by atoms with Crippen molar-refractivity contribution in [1.29, 1.82) is 0 Å². The van der Waals surface area contributed by atoms with E-state index in [1.165, 1.54) is 17.0 Å². The minimum atomic E-state index is -3.90. The molecule has 0 bridgehead atoms. The van der Waals surface area contributed by atoms with Crippen molar-refractivity contribution >= 4 is 27.5 Å². The van der Waals surface area contributed by atoms with Gasteiger partial charge < -0.3 is 10.2 Å². The van der Waals surface area contributed by atoms with Crippen LogP contribution in [0.2, 0.25) is 0 Å². The van der Waals surface area contributed by atoms with E-state index in [-0.39, 0.29) is 55.6 Å². The van der Waals surface area contributed by atoms with Gasteiger partial charge in [-0.3, -0.25) is 13.9 Å². The maximum absolute atomic E-state index is 14.8. The summed E-state index contributed by atoms with van der Waals surface area (Å²) in [4.78, 5) is 28.9. The van der Waals surface area contributed by atoms with Gasteiger partial charge >= 0.3 is 0 Å². The Bertz CT molecular complexity index is 1520. The van der Waals surface area contributed by atoms with Crippen molar-refractivity contribution in [2.24, 2.45) is 0 Å². The molecule has 1 saturated carbocycles. The molecule has 43 heavy (non-hydrogen) atoms. The number of carbonyl (C=O) groups is 2. The second-order valence-corrected chi connectivity index (χ2v) is 12.8. The molecule has 4 rings (SSSR count). The summed E-state index contributed by atoms with van der Waals surface area (Å²) in [5.74, 6) is -3.63. The number of amides is 2. The molecule has 11 heteroatoms. The third-order valence-corrected chi connectivity index (χ3v) is 8.81. The average Bonchev–Trinajstić information content (AvgIpc) is 3.48. The number of benzene rings is 3. The normalized spacial score (nSPS) is 14.3. The summed E-state index contributed by atoms with van der Waals surface area (Å²) in [6, 6.07) is 17.1. The third-order valence-electron chi connectivity index (χ3n) is 7.61. The largest absolute Gasteiger partial charge is 0.352 e. The molecule has 0 radical (unpaired) electrons. The fourth-order valence-electron chi connectivity index (χ4n) is 5.38. The zero-order valence-corrected chi connectivity index (χ0v) is 24.8. The van der Waals surface area contributed by atoms with Gasteiger partial charge in [-0.25, -0.2) is 21.6 Å². The summed E-state index contributed by atoms with van der Waals surface area (Å²) >= 11 is 0. The molecule has 3 aromatic rings. The lowest BCUT2D eigenvalue weighted by molar-refractivity contribution is -0.141. The van der Waals surface area contributed by atoms with Crippen molar-refractivity contribution in [2.75, 3.05) is 17.1 Å². The predicted octanol–water partition coefficient (Wildman–Crippen LogP) is 5.35. The summed E-state index contributed by atoms with van der Waals surface area (Å²) in [5, 5.41) is 3.08. The van der Waals surface area contributed by atoms with Gasteiger partial charge in [-0.2, -0.15) is 0 Å². The Morgan fingerprint density at radius 2 is 1.58 bits per heavy atom. The predicted molar refractivity (Wildman–Crippen MR) is 159 cm³/mol. The van der Waals surface area contributed by atoms with Crippen molar-refractivity contribution in [3.05, 3.63) is 101 Å². The fourth-order valence-corrected chi connectivity index (χ4v) is 6.33. The highest BCUT2D eigenvalue weighted by Crippen LogP contribution is 2.23. The lowest BCUT2D eigenvalue weighted by Crippen LogP contribution is -2.52. The molecule has 0 aliphatic heterocycles. The molecule has 1 N–H and O–H groups in total. The second-order valence-electron chi connectivity index (χ2n) is 10.8. The Morgan fingerprint density at radius 1 is 0.907 bits per heavy atom. The molecular weight excluding hydrogens is 579 g/mol. The van der Waals surface area contributed by atoms with Gasteiger partial charge in [0.05, 0.1) is 11.9 Å². The molecule has 0 heterocycles. The number of halogens is 3.